The summed E-state index contributed by atoms with van der Waals surface area (Å²) in [4.78, 5) is 0. The number of hydrogen-bond donors (Lipinski definition) is 1. The lowest BCUT2D eigenvalue weighted by molar-refractivity contribution is 0.473. The Morgan fingerprint density at radius 1 is 1.00 bits per heavy atom. The SMILES string of the molecule is Clc1ccccc1Oc1c(Cl)cccc1CNC1CC1. The summed E-state index contributed by atoms with van der Waals surface area (Å²) < 4.78 is 5.92. The zero-order valence-corrected chi connectivity index (χ0v) is 12.4. The van der Waals surface area contributed by atoms with Gasteiger partial charge in [-0.2, -0.15) is 0 Å². The first-order valence-corrected chi connectivity index (χ1v) is 7.43. The molecule has 2 aromatic rings. The van der Waals surface area contributed by atoms with Gasteiger partial charge < -0.3 is 10.1 Å². The molecule has 0 unspecified atom stereocenters. The zero-order valence-electron chi connectivity index (χ0n) is 10.9. The van der Waals surface area contributed by atoms with E-state index in [-0.39, 0.29) is 0 Å². The molecule has 1 saturated carbocycles. The van der Waals surface area contributed by atoms with E-state index in [0.29, 0.717) is 27.6 Å². The minimum absolute atomic E-state index is 0.577. The van der Waals surface area contributed by atoms with Crippen LogP contribution >= 0.6 is 23.2 Å². The molecule has 2 aromatic carbocycles. The lowest BCUT2D eigenvalue weighted by Gasteiger charge is -2.14. The summed E-state index contributed by atoms with van der Waals surface area (Å²) in [7, 11) is 0. The molecule has 0 amide bonds. The van der Waals surface area contributed by atoms with E-state index in [4.69, 9.17) is 27.9 Å². The molecule has 0 saturated heterocycles. The van der Waals surface area contributed by atoms with Crippen LogP contribution in [0.1, 0.15) is 18.4 Å². The molecule has 20 heavy (non-hydrogen) atoms. The molecule has 4 heteroatoms. The van der Waals surface area contributed by atoms with Gasteiger partial charge in [0.1, 0.15) is 5.75 Å². The molecule has 0 heterocycles. The molecule has 1 aliphatic carbocycles. The van der Waals surface area contributed by atoms with Gasteiger partial charge in [-0.3, -0.25) is 0 Å². The van der Waals surface area contributed by atoms with Crippen LogP contribution in [-0.4, -0.2) is 6.04 Å². The summed E-state index contributed by atoms with van der Waals surface area (Å²) in [6.45, 7) is 0.755. The molecule has 0 radical (unpaired) electrons. The smallest absolute Gasteiger partial charge is 0.150 e. The fourth-order valence-electron chi connectivity index (χ4n) is 1.99. The van der Waals surface area contributed by atoms with Crippen molar-refractivity contribution in [2.75, 3.05) is 0 Å². The molecule has 0 spiro atoms. The first kappa shape index (κ1) is 13.7. The second kappa shape index (κ2) is 6.04. The van der Waals surface area contributed by atoms with Crippen molar-refractivity contribution in [1.29, 1.82) is 0 Å². The van der Waals surface area contributed by atoms with Gasteiger partial charge in [0, 0.05) is 18.2 Å². The van der Waals surface area contributed by atoms with Gasteiger partial charge in [0.05, 0.1) is 10.0 Å². The van der Waals surface area contributed by atoms with Crippen LogP contribution in [0.15, 0.2) is 42.5 Å². The van der Waals surface area contributed by atoms with Gasteiger partial charge in [-0.15, -0.1) is 0 Å². The van der Waals surface area contributed by atoms with E-state index in [9.17, 15) is 0 Å². The summed E-state index contributed by atoms with van der Waals surface area (Å²) in [5.41, 5.74) is 1.05. The van der Waals surface area contributed by atoms with Gasteiger partial charge >= 0.3 is 0 Å². The number of hydrogen-bond acceptors (Lipinski definition) is 2. The molecule has 0 aromatic heterocycles. The van der Waals surface area contributed by atoms with E-state index in [1.165, 1.54) is 12.8 Å². The number of ether oxygens (including phenoxy) is 1. The highest BCUT2D eigenvalue weighted by molar-refractivity contribution is 6.33. The Bertz CT molecular complexity index is 611. The Kier molecular flexibility index (Phi) is 4.16. The molecule has 104 valence electrons. The Balaban J connectivity index is 1.85. The molecule has 1 aliphatic rings. The number of para-hydroxylation sites is 2. The monoisotopic (exact) mass is 307 g/mol. The topological polar surface area (TPSA) is 21.3 Å². The first-order valence-electron chi connectivity index (χ1n) is 6.67. The fourth-order valence-corrected chi connectivity index (χ4v) is 2.39. The molecule has 1 fully saturated rings. The van der Waals surface area contributed by atoms with Gasteiger partial charge in [-0.25, -0.2) is 0 Å². The standard InChI is InChI=1S/C16H15Cl2NO/c17-13-5-1-2-7-15(13)20-16-11(4-3-6-14(16)18)10-19-12-8-9-12/h1-7,12,19H,8-10H2. The molecule has 1 N–H and O–H groups in total. The van der Waals surface area contributed by atoms with Crippen molar-refractivity contribution in [3.63, 3.8) is 0 Å². The number of benzene rings is 2. The Morgan fingerprint density at radius 2 is 1.75 bits per heavy atom. The van der Waals surface area contributed by atoms with Crippen molar-refractivity contribution < 1.29 is 4.74 Å². The van der Waals surface area contributed by atoms with Crippen molar-refractivity contribution in [1.82, 2.24) is 5.32 Å². The molecular formula is C16H15Cl2NO. The summed E-state index contributed by atoms with van der Waals surface area (Å²) in [6, 6.07) is 13.8. The van der Waals surface area contributed by atoms with Crippen molar-refractivity contribution in [3.8, 4) is 11.5 Å². The van der Waals surface area contributed by atoms with Crippen molar-refractivity contribution in [2.24, 2.45) is 0 Å². The third-order valence-corrected chi connectivity index (χ3v) is 3.87. The maximum Gasteiger partial charge on any atom is 0.150 e. The highest BCUT2D eigenvalue weighted by atomic mass is 35.5. The minimum Gasteiger partial charge on any atom is -0.454 e. The van der Waals surface area contributed by atoms with Crippen LogP contribution in [-0.2, 0) is 6.54 Å². The van der Waals surface area contributed by atoms with Crippen molar-refractivity contribution >= 4 is 23.2 Å². The van der Waals surface area contributed by atoms with Gasteiger partial charge in [0.25, 0.3) is 0 Å². The van der Waals surface area contributed by atoms with Crippen molar-refractivity contribution in [3.05, 3.63) is 58.1 Å². The van der Waals surface area contributed by atoms with Crippen LogP contribution in [0.25, 0.3) is 0 Å². The highest BCUT2D eigenvalue weighted by Gasteiger charge is 2.21. The predicted molar refractivity (Wildman–Crippen MR) is 82.8 cm³/mol. The number of halogens is 2. The lowest BCUT2D eigenvalue weighted by Crippen LogP contribution is -2.15. The number of nitrogens with one attached hydrogen (secondary N) is 1. The van der Waals surface area contributed by atoms with E-state index < -0.39 is 0 Å². The van der Waals surface area contributed by atoms with E-state index in [0.717, 1.165) is 12.1 Å². The predicted octanol–water partition coefficient (Wildman–Crippen LogP) is 5.04. The average Bonchev–Trinajstić information content (AvgIpc) is 3.26. The maximum absolute atomic E-state index is 6.27. The van der Waals surface area contributed by atoms with Gasteiger partial charge in [-0.05, 0) is 31.0 Å². The van der Waals surface area contributed by atoms with Crippen LogP contribution in [0.4, 0.5) is 0 Å². The van der Waals surface area contributed by atoms with Gasteiger partial charge in [0.15, 0.2) is 5.75 Å². The highest BCUT2D eigenvalue weighted by Crippen LogP contribution is 2.36. The minimum atomic E-state index is 0.577. The normalized spacial score (nSPS) is 14.3. The molecule has 0 bridgehead atoms. The fraction of sp³-hybridized carbons (Fsp3) is 0.250. The Labute approximate surface area is 128 Å². The second-order valence-electron chi connectivity index (χ2n) is 4.92. The third kappa shape index (κ3) is 3.26. The Hall–Kier alpha value is -1.22. The van der Waals surface area contributed by atoms with Crippen LogP contribution in [0.5, 0.6) is 11.5 Å². The van der Waals surface area contributed by atoms with Crippen LogP contribution in [0.3, 0.4) is 0 Å². The van der Waals surface area contributed by atoms with Gasteiger partial charge in [0.2, 0.25) is 0 Å². The molecule has 3 rings (SSSR count). The molecular weight excluding hydrogens is 293 g/mol. The lowest BCUT2D eigenvalue weighted by atomic mass is 10.2. The third-order valence-electron chi connectivity index (χ3n) is 3.26. The van der Waals surface area contributed by atoms with E-state index in [1.807, 2.05) is 36.4 Å². The average molecular weight is 308 g/mol. The van der Waals surface area contributed by atoms with Crippen LogP contribution in [0, 0.1) is 0 Å². The van der Waals surface area contributed by atoms with Gasteiger partial charge in [-0.1, -0.05) is 47.5 Å². The Morgan fingerprint density at radius 3 is 2.50 bits per heavy atom. The van der Waals surface area contributed by atoms with E-state index in [1.54, 1.807) is 6.07 Å². The molecule has 0 atom stereocenters. The quantitative estimate of drug-likeness (QED) is 0.835. The van der Waals surface area contributed by atoms with Crippen LogP contribution in [0.2, 0.25) is 10.0 Å². The van der Waals surface area contributed by atoms with Crippen molar-refractivity contribution in [2.45, 2.75) is 25.4 Å². The molecule has 0 aliphatic heterocycles. The van der Waals surface area contributed by atoms with Crippen LogP contribution < -0.4 is 10.1 Å². The first-order chi connectivity index (χ1) is 9.74. The van der Waals surface area contributed by atoms with E-state index >= 15 is 0 Å². The summed E-state index contributed by atoms with van der Waals surface area (Å²) in [5, 5.41) is 4.64. The summed E-state index contributed by atoms with van der Waals surface area (Å²) in [5.74, 6) is 1.30. The molecule has 2 nitrogen and oxygen atoms in total. The second-order valence-corrected chi connectivity index (χ2v) is 5.73. The zero-order chi connectivity index (χ0) is 13.9. The summed E-state index contributed by atoms with van der Waals surface area (Å²) in [6.07, 6.45) is 2.50. The van der Waals surface area contributed by atoms with E-state index in [2.05, 4.69) is 5.32 Å². The largest absolute Gasteiger partial charge is 0.454 e. The summed E-state index contributed by atoms with van der Waals surface area (Å²) >= 11 is 12.4. The maximum atomic E-state index is 6.27. The number of rotatable bonds is 5.